The molecule has 3 aromatic rings. The van der Waals surface area contributed by atoms with E-state index in [1.165, 1.54) is 16.9 Å². The van der Waals surface area contributed by atoms with Gasteiger partial charge in [-0.25, -0.2) is 0 Å². The van der Waals surface area contributed by atoms with Crippen molar-refractivity contribution in [3.05, 3.63) is 64.5 Å². The summed E-state index contributed by atoms with van der Waals surface area (Å²) in [5, 5.41) is 13.4. The van der Waals surface area contributed by atoms with Crippen LogP contribution in [-0.4, -0.2) is 40.1 Å². The fourth-order valence-electron chi connectivity index (χ4n) is 3.39. The quantitative estimate of drug-likeness (QED) is 0.738. The van der Waals surface area contributed by atoms with E-state index in [-0.39, 0.29) is 5.91 Å². The standard InChI is InChI=1S/C21H22N4OS/c1-15-4-6-16(7-5-15)18-10-14-27-20(18)21(26)25-12-8-17(9-13-25)23-19-3-2-11-22-24-19/h2-7,10-11,14,17H,8-9,12-13H2,1H3,(H,23,24). The Hall–Kier alpha value is -2.73. The summed E-state index contributed by atoms with van der Waals surface area (Å²) in [6.07, 6.45) is 3.49. The second-order valence-corrected chi connectivity index (χ2v) is 7.77. The predicted octanol–water partition coefficient (Wildman–Crippen LogP) is 4.23. The van der Waals surface area contributed by atoms with E-state index in [0.717, 1.165) is 47.8 Å². The van der Waals surface area contributed by atoms with Crippen LogP contribution in [0.4, 0.5) is 5.82 Å². The number of rotatable bonds is 4. The van der Waals surface area contributed by atoms with Gasteiger partial charge in [0.05, 0.1) is 4.88 Å². The first kappa shape index (κ1) is 17.7. The van der Waals surface area contributed by atoms with Crippen LogP contribution in [0.25, 0.3) is 11.1 Å². The number of nitrogens with zero attached hydrogens (tertiary/aromatic N) is 3. The van der Waals surface area contributed by atoms with Crippen molar-refractivity contribution in [2.24, 2.45) is 0 Å². The number of aromatic nitrogens is 2. The number of hydrogen-bond acceptors (Lipinski definition) is 5. The van der Waals surface area contributed by atoms with Gasteiger partial charge in [0.1, 0.15) is 5.82 Å². The third kappa shape index (κ3) is 4.01. The molecule has 0 saturated carbocycles. The second-order valence-electron chi connectivity index (χ2n) is 6.85. The van der Waals surface area contributed by atoms with Crippen LogP contribution in [0, 0.1) is 6.92 Å². The van der Waals surface area contributed by atoms with Gasteiger partial charge in [-0.3, -0.25) is 4.79 Å². The van der Waals surface area contributed by atoms with E-state index < -0.39 is 0 Å². The molecule has 1 aliphatic rings. The smallest absolute Gasteiger partial charge is 0.264 e. The van der Waals surface area contributed by atoms with Crippen LogP contribution in [0.5, 0.6) is 0 Å². The third-order valence-corrected chi connectivity index (χ3v) is 5.83. The van der Waals surface area contributed by atoms with E-state index in [2.05, 4.69) is 46.7 Å². The van der Waals surface area contributed by atoms with Crippen LogP contribution in [0.2, 0.25) is 0 Å². The number of carbonyl (C=O) groups excluding carboxylic acids is 1. The van der Waals surface area contributed by atoms with Crippen LogP contribution in [0.15, 0.2) is 54.0 Å². The summed E-state index contributed by atoms with van der Waals surface area (Å²) in [6.45, 7) is 3.58. The van der Waals surface area contributed by atoms with Crippen molar-refractivity contribution in [1.29, 1.82) is 0 Å². The molecule has 1 aliphatic heterocycles. The Morgan fingerprint density at radius 3 is 2.63 bits per heavy atom. The molecule has 138 valence electrons. The number of piperidine rings is 1. The lowest BCUT2D eigenvalue weighted by molar-refractivity contribution is 0.0724. The number of likely N-dealkylation sites (tertiary alicyclic amines) is 1. The number of thiophene rings is 1. The maximum Gasteiger partial charge on any atom is 0.264 e. The molecule has 0 aliphatic carbocycles. The number of carbonyl (C=O) groups is 1. The summed E-state index contributed by atoms with van der Waals surface area (Å²) in [6, 6.07) is 14.5. The lowest BCUT2D eigenvalue weighted by Gasteiger charge is -2.32. The minimum absolute atomic E-state index is 0.138. The van der Waals surface area contributed by atoms with Crippen LogP contribution >= 0.6 is 11.3 Å². The van der Waals surface area contributed by atoms with Gasteiger partial charge in [-0.15, -0.1) is 16.4 Å². The van der Waals surface area contributed by atoms with Gasteiger partial charge in [-0.2, -0.15) is 5.10 Å². The minimum Gasteiger partial charge on any atom is -0.366 e. The Morgan fingerprint density at radius 2 is 1.93 bits per heavy atom. The molecule has 0 unspecified atom stereocenters. The minimum atomic E-state index is 0.138. The molecule has 5 nitrogen and oxygen atoms in total. The molecule has 27 heavy (non-hydrogen) atoms. The Kier molecular flexibility index (Phi) is 5.16. The summed E-state index contributed by atoms with van der Waals surface area (Å²) in [5.41, 5.74) is 3.36. The summed E-state index contributed by atoms with van der Waals surface area (Å²) >= 11 is 1.53. The van der Waals surface area contributed by atoms with E-state index >= 15 is 0 Å². The third-order valence-electron chi connectivity index (χ3n) is 4.93. The fraction of sp³-hybridized carbons (Fsp3) is 0.286. The Morgan fingerprint density at radius 1 is 1.15 bits per heavy atom. The Labute approximate surface area is 163 Å². The van der Waals surface area contributed by atoms with Crippen molar-refractivity contribution < 1.29 is 4.79 Å². The van der Waals surface area contributed by atoms with Gasteiger partial charge in [0.15, 0.2) is 0 Å². The number of hydrogen-bond donors (Lipinski definition) is 1. The van der Waals surface area contributed by atoms with E-state index in [4.69, 9.17) is 0 Å². The molecule has 0 bridgehead atoms. The van der Waals surface area contributed by atoms with E-state index in [1.54, 1.807) is 6.20 Å². The average Bonchev–Trinajstić information content (AvgIpc) is 3.19. The molecular formula is C21H22N4OS. The van der Waals surface area contributed by atoms with Gasteiger partial charge >= 0.3 is 0 Å². The number of benzene rings is 1. The molecule has 0 spiro atoms. The topological polar surface area (TPSA) is 58.1 Å². The number of anilines is 1. The van der Waals surface area contributed by atoms with Gasteiger partial charge in [0.25, 0.3) is 5.91 Å². The molecule has 6 heteroatoms. The molecule has 1 amide bonds. The highest BCUT2D eigenvalue weighted by Crippen LogP contribution is 2.30. The summed E-state index contributed by atoms with van der Waals surface area (Å²) in [4.78, 5) is 15.9. The van der Waals surface area contributed by atoms with E-state index in [9.17, 15) is 4.79 Å². The van der Waals surface area contributed by atoms with E-state index in [1.807, 2.05) is 28.5 Å². The molecular weight excluding hydrogens is 356 g/mol. The molecule has 2 aromatic heterocycles. The van der Waals surface area contributed by atoms with Crippen molar-refractivity contribution in [3.8, 4) is 11.1 Å². The number of nitrogens with one attached hydrogen (secondary N) is 1. The molecule has 1 fully saturated rings. The fourth-order valence-corrected chi connectivity index (χ4v) is 4.28. The van der Waals surface area contributed by atoms with Gasteiger partial charge < -0.3 is 10.2 Å². The number of amides is 1. The predicted molar refractivity (Wildman–Crippen MR) is 109 cm³/mol. The first-order valence-electron chi connectivity index (χ1n) is 9.19. The lowest BCUT2D eigenvalue weighted by atomic mass is 10.0. The van der Waals surface area contributed by atoms with Gasteiger partial charge in [0, 0.05) is 30.9 Å². The van der Waals surface area contributed by atoms with Crippen LogP contribution < -0.4 is 5.32 Å². The zero-order valence-corrected chi connectivity index (χ0v) is 16.1. The highest BCUT2D eigenvalue weighted by molar-refractivity contribution is 7.12. The van der Waals surface area contributed by atoms with Crippen molar-refractivity contribution >= 4 is 23.1 Å². The van der Waals surface area contributed by atoms with Gasteiger partial charge in [0.2, 0.25) is 0 Å². The molecule has 0 atom stereocenters. The highest BCUT2D eigenvalue weighted by atomic mass is 32.1. The first-order valence-corrected chi connectivity index (χ1v) is 10.1. The zero-order valence-electron chi connectivity index (χ0n) is 15.3. The lowest BCUT2D eigenvalue weighted by Crippen LogP contribution is -2.42. The largest absolute Gasteiger partial charge is 0.366 e. The molecule has 0 radical (unpaired) electrons. The van der Waals surface area contributed by atoms with Crippen molar-refractivity contribution in [1.82, 2.24) is 15.1 Å². The Bertz CT molecular complexity index is 899. The monoisotopic (exact) mass is 378 g/mol. The van der Waals surface area contributed by atoms with Gasteiger partial charge in [-0.05, 0) is 48.9 Å². The van der Waals surface area contributed by atoms with Crippen LogP contribution in [0.1, 0.15) is 28.1 Å². The first-order chi connectivity index (χ1) is 13.2. The molecule has 1 N–H and O–H groups in total. The summed E-state index contributed by atoms with van der Waals surface area (Å²) in [7, 11) is 0. The van der Waals surface area contributed by atoms with Crippen molar-refractivity contribution in [2.75, 3.05) is 18.4 Å². The highest BCUT2D eigenvalue weighted by Gasteiger charge is 2.26. The SMILES string of the molecule is Cc1ccc(-c2ccsc2C(=O)N2CCC(Nc3cccnn3)CC2)cc1. The molecule has 1 aromatic carbocycles. The second kappa shape index (κ2) is 7.88. The zero-order chi connectivity index (χ0) is 18.6. The molecule has 1 saturated heterocycles. The normalized spacial score (nSPS) is 14.9. The molecule has 4 rings (SSSR count). The van der Waals surface area contributed by atoms with Crippen molar-refractivity contribution in [2.45, 2.75) is 25.8 Å². The van der Waals surface area contributed by atoms with Crippen LogP contribution in [-0.2, 0) is 0 Å². The maximum absolute atomic E-state index is 13.1. The van der Waals surface area contributed by atoms with Gasteiger partial charge in [-0.1, -0.05) is 29.8 Å². The average molecular weight is 379 g/mol. The summed E-state index contributed by atoms with van der Waals surface area (Å²) < 4.78 is 0. The maximum atomic E-state index is 13.1. The molecule has 3 heterocycles. The van der Waals surface area contributed by atoms with E-state index in [0.29, 0.717) is 6.04 Å². The summed E-state index contributed by atoms with van der Waals surface area (Å²) in [5.74, 6) is 0.931. The van der Waals surface area contributed by atoms with Crippen molar-refractivity contribution in [3.63, 3.8) is 0 Å². The Balaban J connectivity index is 1.42. The number of aryl methyl sites for hydroxylation is 1. The van der Waals surface area contributed by atoms with Crippen LogP contribution in [0.3, 0.4) is 0 Å².